The third-order valence-electron chi connectivity index (χ3n) is 3.14. The maximum atomic E-state index is 11.8. The Balaban J connectivity index is 1.70. The molecule has 0 radical (unpaired) electrons. The van der Waals surface area contributed by atoms with Gasteiger partial charge in [-0.2, -0.15) is 0 Å². The molecule has 17 heavy (non-hydrogen) atoms. The molecule has 0 bridgehead atoms. The number of hydrogen-bond acceptors (Lipinski definition) is 1. The van der Waals surface area contributed by atoms with Gasteiger partial charge in [-0.3, -0.25) is 0 Å². The van der Waals surface area contributed by atoms with Gasteiger partial charge < -0.3 is 0 Å². The number of carbonyl (C=O) groups is 1. The van der Waals surface area contributed by atoms with Gasteiger partial charge in [-0.25, -0.2) is 0 Å². The quantitative estimate of drug-likeness (QED) is 0.850. The van der Waals surface area contributed by atoms with E-state index in [2.05, 4.69) is 17.4 Å². The number of rotatable bonds is 4. The summed E-state index contributed by atoms with van der Waals surface area (Å²) in [5.74, 6) is 0. The van der Waals surface area contributed by atoms with E-state index in [9.17, 15) is 4.79 Å². The summed E-state index contributed by atoms with van der Waals surface area (Å²) in [6, 6.07) is 10.7. The summed E-state index contributed by atoms with van der Waals surface area (Å²) in [5, 5.41) is 4.09. The second-order valence-electron chi connectivity index (χ2n) is 4.54. The number of carbonyl (C=O) groups excluding carboxylic acids is 1. The van der Waals surface area contributed by atoms with Crippen LogP contribution in [-0.2, 0) is 5.32 Å². The predicted molar refractivity (Wildman–Crippen MR) is 71.3 cm³/mol. The molecule has 0 saturated heterocycles. The third-order valence-corrected chi connectivity index (χ3v) is 4.94. The molecule has 1 aromatic rings. The Bertz CT molecular complexity index is 346. The van der Waals surface area contributed by atoms with E-state index in [0.29, 0.717) is 6.04 Å². The van der Waals surface area contributed by atoms with Gasteiger partial charge in [0.15, 0.2) is 0 Å². The van der Waals surface area contributed by atoms with Crippen molar-refractivity contribution in [3.8, 4) is 0 Å². The zero-order valence-electron chi connectivity index (χ0n) is 10.0. The van der Waals surface area contributed by atoms with Crippen LogP contribution in [0, 0.1) is 0 Å². The van der Waals surface area contributed by atoms with Crippen molar-refractivity contribution in [1.82, 2.24) is 5.32 Å². The molecule has 1 aromatic carbocycles. The van der Waals surface area contributed by atoms with Crippen molar-refractivity contribution in [3.05, 3.63) is 35.9 Å². The Hall–Kier alpha value is -0.791. The summed E-state index contributed by atoms with van der Waals surface area (Å²) in [7, 11) is 0. The molecule has 0 spiro atoms. The normalized spacial score (nSPS) is 16.7. The fourth-order valence-electron chi connectivity index (χ4n) is 2.18. The molecule has 0 heterocycles. The van der Waals surface area contributed by atoms with Crippen LogP contribution in [0.25, 0.3) is 0 Å². The van der Waals surface area contributed by atoms with Gasteiger partial charge in [0.25, 0.3) is 0 Å². The number of nitrogens with one attached hydrogen (secondary N) is 1. The third kappa shape index (κ3) is 4.53. The minimum absolute atomic E-state index is 0.0405. The summed E-state index contributed by atoms with van der Waals surface area (Å²) in [6.45, 7) is 0. The number of benzene rings is 1. The second-order valence-corrected chi connectivity index (χ2v) is 6.53. The van der Waals surface area contributed by atoms with Crippen molar-refractivity contribution in [2.75, 3.05) is 0 Å². The van der Waals surface area contributed by atoms with Gasteiger partial charge in [-0.05, 0) is 0 Å². The summed E-state index contributed by atoms with van der Waals surface area (Å²) in [6.07, 6.45) is 6.23. The van der Waals surface area contributed by atoms with Crippen molar-refractivity contribution in [1.29, 1.82) is 0 Å². The molecule has 2 rings (SSSR count). The average Bonchev–Trinajstić information content (AvgIpc) is 2.39. The van der Waals surface area contributed by atoms with Crippen molar-refractivity contribution in [3.63, 3.8) is 0 Å². The topological polar surface area (TPSA) is 29.1 Å². The van der Waals surface area contributed by atoms with E-state index in [1.807, 2.05) is 18.2 Å². The average molecular weight is 296 g/mol. The molecule has 0 aliphatic heterocycles. The van der Waals surface area contributed by atoms with E-state index >= 15 is 0 Å². The zero-order chi connectivity index (χ0) is 11.9. The Morgan fingerprint density at radius 3 is 2.59 bits per heavy atom. The predicted octanol–water partition coefficient (Wildman–Crippen LogP) is 2.93. The number of hydrogen-bond donors (Lipinski definition) is 1. The molecule has 2 nitrogen and oxygen atoms in total. The van der Waals surface area contributed by atoms with E-state index in [-0.39, 0.29) is 19.8 Å². The van der Waals surface area contributed by atoms with Gasteiger partial charge in [0.1, 0.15) is 0 Å². The van der Waals surface area contributed by atoms with Gasteiger partial charge in [-0.1, -0.05) is 0 Å². The maximum absolute atomic E-state index is 11.8. The monoisotopic (exact) mass is 297 g/mol. The van der Waals surface area contributed by atoms with Crippen LogP contribution in [0.1, 0.15) is 37.7 Å². The van der Waals surface area contributed by atoms with Crippen LogP contribution in [0.4, 0.5) is 4.79 Å². The zero-order valence-corrected chi connectivity index (χ0v) is 11.7. The molecule has 1 saturated carbocycles. The summed E-state index contributed by atoms with van der Waals surface area (Å²) < 4.78 is 0. The van der Waals surface area contributed by atoms with Crippen LogP contribution in [0.3, 0.4) is 0 Å². The SMILES string of the molecule is O=C(NC1CCCCC1)[Se]Cc1ccccc1. The van der Waals surface area contributed by atoms with Gasteiger partial charge in [0.2, 0.25) is 0 Å². The summed E-state index contributed by atoms with van der Waals surface area (Å²) in [5.41, 5.74) is 1.27. The Kier molecular flexibility index (Phi) is 5.08. The molecule has 3 heteroatoms. The standard InChI is InChI=1S/C14H19NOSe/c16-14(15-13-9-5-2-6-10-13)17-11-12-7-3-1-4-8-12/h1,3-4,7-8,13H,2,5-6,9-11H2,(H,15,16). The molecule has 1 aliphatic rings. The first kappa shape index (κ1) is 12.7. The van der Waals surface area contributed by atoms with E-state index in [0.717, 1.165) is 5.32 Å². The second kappa shape index (κ2) is 6.83. The van der Waals surface area contributed by atoms with Crippen molar-refractivity contribution in [2.24, 2.45) is 0 Å². The molecule has 92 valence electrons. The van der Waals surface area contributed by atoms with Crippen LogP contribution in [-0.4, -0.2) is 25.8 Å². The minimum atomic E-state index is 0.0405. The van der Waals surface area contributed by atoms with E-state index in [1.54, 1.807) is 0 Å². The van der Waals surface area contributed by atoms with Crippen LogP contribution in [0.5, 0.6) is 0 Å². The molecule has 1 N–H and O–H groups in total. The molecule has 0 unspecified atom stereocenters. The Morgan fingerprint density at radius 1 is 1.18 bits per heavy atom. The van der Waals surface area contributed by atoms with Gasteiger partial charge in [0, 0.05) is 0 Å². The first-order valence-corrected chi connectivity index (χ1v) is 8.38. The van der Waals surface area contributed by atoms with Crippen LogP contribution in [0.2, 0.25) is 0 Å². The van der Waals surface area contributed by atoms with Crippen molar-refractivity contribution < 1.29 is 4.79 Å². The van der Waals surface area contributed by atoms with Crippen molar-refractivity contribution in [2.45, 2.75) is 43.5 Å². The summed E-state index contributed by atoms with van der Waals surface area (Å²) >= 11 is 0.0405. The molecule has 1 fully saturated rings. The van der Waals surface area contributed by atoms with Crippen LogP contribution in [0.15, 0.2) is 30.3 Å². The molecule has 0 aromatic heterocycles. The van der Waals surface area contributed by atoms with Gasteiger partial charge >= 0.3 is 109 Å². The fourth-order valence-corrected chi connectivity index (χ4v) is 3.73. The first-order valence-electron chi connectivity index (χ1n) is 6.32. The van der Waals surface area contributed by atoms with Crippen LogP contribution >= 0.6 is 0 Å². The molecule has 0 atom stereocenters. The van der Waals surface area contributed by atoms with Crippen molar-refractivity contribution >= 4 is 19.8 Å². The number of amides is 1. The van der Waals surface area contributed by atoms with Gasteiger partial charge in [0.05, 0.1) is 0 Å². The van der Waals surface area contributed by atoms with Crippen LogP contribution < -0.4 is 5.32 Å². The molecular weight excluding hydrogens is 277 g/mol. The Morgan fingerprint density at radius 2 is 1.88 bits per heavy atom. The molecular formula is C14H19NOSe. The first-order chi connectivity index (χ1) is 8.34. The van der Waals surface area contributed by atoms with E-state index in [1.165, 1.54) is 37.7 Å². The molecule has 1 aliphatic carbocycles. The Labute approximate surface area is 109 Å². The molecule has 1 amide bonds. The van der Waals surface area contributed by atoms with E-state index < -0.39 is 0 Å². The summed E-state index contributed by atoms with van der Waals surface area (Å²) in [4.78, 5) is 12.1. The fraction of sp³-hybridized carbons (Fsp3) is 0.500. The van der Waals surface area contributed by atoms with Gasteiger partial charge in [-0.15, -0.1) is 0 Å². The van der Waals surface area contributed by atoms with E-state index in [4.69, 9.17) is 0 Å².